The minimum atomic E-state index is -0.515. The van der Waals surface area contributed by atoms with Crippen LogP contribution < -0.4 is 4.90 Å². The van der Waals surface area contributed by atoms with E-state index in [4.69, 9.17) is 4.74 Å². The zero-order chi connectivity index (χ0) is 18.9. The Labute approximate surface area is 152 Å². The molecule has 0 aliphatic rings. The van der Waals surface area contributed by atoms with Crippen molar-refractivity contribution in [1.29, 1.82) is 0 Å². The third-order valence-corrected chi connectivity index (χ3v) is 3.71. The van der Waals surface area contributed by atoms with Crippen LogP contribution in [0.1, 0.15) is 27.6 Å². The molecule has 136 valence electrons. The van der Waals surface area contributed by atoms with Crippen molar-refractivity contribution in [2.75, 3.05) is 31.7 Å². The van der Waals surface area contributed by atoms with E-state index in [1.807, 2.05) is 42.3 Å². The lowest BCUT2D eigenvalue weighted by molar-refractivity contribution is -0.139. The van der Waals surface area contributed by atoms with Crippen molar-refractivity contribution in [3.63, 3.8) is 0 Å². The van der Waals surface area contributed by atoms with Gasteiger partial charge in [-0.15, -0.1) is 0 Å². The standard InChI is InChI=1S/C20H21NO5/c1-15(22)26-14-19(23)16-8-10-17(11-9-16)20(24)25-13-12-21(2)18-6-4-3-5-7-18/h3-11H,12-14H2,1-2H3. The summed E-state index contributed by atoms with van der Waals surface area (Å²) in [5.74, 6) is -1.30. The third kappa shape index (κ3) is 5.73. The molecule has 0 bridgehead atoms. The SMILES string of the molecule is CC(=O)OCC(=O)c1ccc(C(=O)OCCN(C)c2ccccc2)cc1. The predicted octanol–water partition coefficient (Wildman–Crippen LogP) is 2.73. The van der Waals surface area contributed by atoms with Crippen LogP contribution in [0.4, 0.5) is 5.69 Å². The quantitative estimate of drug-likeness (QED) is 0.535. The molecule has 0 amide bonds. The molecule has 0 spiro atoms. The van der Waals surface area contributed by atoms with Gasteiger partial charge in [-0.25, -0.2) is 4.79 Å². The topological polar surface area (TPSA) is 72.9 Å². The molecule has 0 N–H and O–H groups in total. The normalized spacial score (nSPS) is 10.1. The predicted molar refractivity (Wildman–Crippen MR) is 97.4 cm³/mol. The highest BCUT2D eigenvalue weighted by atomic mass is 16.5. The number of likely N-dealkylation sites (N-methyl/N-ethyl adjacent to an activating group) is 1. The van der Waals surface area contributed by atoms with E-state index in [1.54, 1.807) is 0 Å². The van der Waals surface area contributed by atoms with E-state index in [9.17, 15) is 14.4 Å². The number of carbonyl (C=O) groups excluding carboxylic acids is 3. The Hall–Kier alpha value is -3.15. The fourth-order valence-electron chi connectivity index (χ4n) is 2.21. The van der Waals surface area contributed by atoms with Crippen LogP contribution in [0, 0.1) is 0 Å². The largest absolute Gasteiger partial charge is 0.460 e. The number of anilines is 1. The summed E-state index contributed by atoms with van der Waals surface area (Å²) >= 11 is 0. The number of hydrogen-bond donors (Lipinski definition) is 0. The van der Waals surface area contributed by atoms with E-state index in [2.05, 4.69) is 4.74 Å². The Balaban J connectivity index is 1.82. The van der Waals surface area contributed by atoms with Crippen LogP contribution >= 0.6 is 0 Å². The van der Waals surface area contributed by atoms with Gasteiger partial charge >= 0.3 is 11.9 Å². The maximum absolute atomic E-state index is 12.1. The summed E-state index contributed by atoms with van der Waals surface area (Å²) in [6.45, 7) is 1.73. The molecule has 0 aliphatic carbocycles. The van der Waals surface area contributed by atoms with E-state index in [1.165, 1.54) is 31.2 Å². The smallest absolute Gasteiger partial charge is 0.338 e. The van der Waals surface area contributed by atoms with Gasteiger partial charge in [-0.3, -0.25) is 9.59 Å². The fourth-order valence-corrected chi connectivity index (χ4v) is 2.21. The molecule has 0 fully saturated rings. The molecule has 0 atom stereocenters. The second-order valence-corrected chi connectivity index (χ2v) is 5.67. The molecular formula is C20H21NO5. The summed E-state index contributed by atoms with van der Waals surface area (Å²) in [5.41, 5.74) is 1.77. The first-order valence-corrected chi connectivity index (χ1v) is 8.17. The molecule has 0 saturated carbocycles. The van der Waals surface area contributed by atoms with Gasteiger partial charge in [0.15, 0.2) is 12.4 Å². The second kappa shape index (κ2) is 9.36. The van der Waals surface area contributed by atoms with Gasteiger partial charge in [0.2, 0.25) is 0 Å². The summed E-state index contributed by atoms with van der Waals surface area (Å²) in [7, 11) is 1.92. The van der Waals surface area contributed by atoms with Crippen LogP contribution in [0.15, 0.2) is 54.6 Å². The van der Waals surface area contributed by atoms with Gasteiger partial charge in [-0.2, -0.15) is 0 Å². The van der Waals surface area contributed by atoms with Gasteiger partial charge in [-0.05, 0) is 24.3 Å². The van der Waals surface area contributed by atoms with E-state index < -0.39 is 11.9 Å². The van der Waals surface area contributed by atoms with Gasteiger partial charge in [0.05, 0.1) is 12.1 Å². The van der Waals surface area contributed by atoms with Crippen LogP contribution in [0.3, 0.4) is 0 Å². The van der Waals surface area contributed by atoms with E-state index in [0.717, 1.165) is 5.69 Å². The van der Waals surface area contributed by atoms with E-state index >= 15 is 0 Å². The van der Waals surface area contributed by atoms with Crippen molar-refractivity contribution in [1.82, 2.24) is 0 Å². The second-order valence-electron chi connectivity index (χ2n) is 5.67. The molecule has 0 radical (unpaired) electrons. The minimum Gasteiger partial charge on any atom is -0.460 e. The van der Waals surface area contributed by atoms with Crippen molar-refractivity contribution >= 4 is 23.4 Å². The van der Waals surface area contributed by atoms with E-state index in [0.29, 0.717) is 17.7 Å². The minimum absolute atomic E-state index is 0.247. The highest BCUT2D eigenvalue weighted by Gasteiger charge is 2.11. The van der Waals surface area contributed by atoms with Gasteiger partial charge in [0.1, 0.15) is 6.61 Å². The first-order valence-electron chi connectivity index (χ1n) is 8.17. The number of para-hydroxylation sites is 1. The van der Waals surface area contributed by atoms with Crippen LogP contribution in [0.2, 0.25) is 0 Å². The molecule has 0 saturated heterocycles. The Morgan fingerprint density at radius 2 is 1.50 bits per heavy atom. The van der Waals surface area contributed by atoms with Gasteiger partial charge in [-0.1, -0.05) is 30.3 Å². The first-order chi connectivity index (χ1) is 12.5. The lowest BCUT2D eigenvalue weighted by atomic mass is 10.1. The zero-order valence-electron chi connectivity index (χ0n) is 14.8. The zero-order valence-corrected chi connectivity index (χ0v) is 14.8. The van der Waals surface area contributed by atoms with Gasteiger partial charge < -0.3 is 14.4 Å². The molecule has 6 nitrogen and oxygen atoms in total. The highest BCUT2D eigenvalue weighted by Crippen LogP contribution is 2.11. The Kier molecular flexibility index (Phi) is 6.91. The number of nitrogens with zero attached hydrogens (tertiary/aromatic N) is 1. The number of esters is 2. The number of benzene rings is 2. The summed E-state index contributed by atoms with van der Waals surface area (Å²) in [6.07, 6.45) is 0. The lowest BCUT2D eigenvalue weighted by Gasteiger charge is -2.18. The first kappa shape index (κ1) is 19.2. The molecular weight excluding hydrogens is 334 g/mol. The Morgan fingerprint density at radius 3 is 2.12 bits per heavy atom. The molecule has 2 rings (SSSR count). The van der Waals surface area contributed by atoms with Crippen LogP contribution in [-0.2, 0) is 14.3 Å². The molecule has 26 heavy (non-hydrogen) atoms. The summed E-state index contributed by atoms with van der Waals surface area (Å²) in [5, 5.41) is 0. The Bertz CT molecular complexity index is 756. The number of Topliss-reactive ketones (excluding diaryl/α,β-unsaturated/α-hetero) is 1. The van der Waals surface area contributed by atoms with E-state index in [-0.39, 0.29) is 19.0 Å². The van der Waals surface area contributed by atoms with Crippen LogP contribution in [-0.4, -0.2) is 44.5 Å². The molecule has 2 aromatic carbocycles. The molecule has 6 heteroatoms. The van der Waals surface area contributed by atoms with Crippen molar-refractivity contribution in [2.24, 2.45) is 0 Å². The average Bonchev–Trinajstić information content (AvgIpc) is 2.66. The van der Waals surface area contributed by atoms with Crippen molar-refractivity contribution in [3.05, 3.63) is 65.7 Å². The fraction of sp³-hybridized carbons (Fsp3) is 0.250. The maximum Gasteiger partial charge on any atom is 0.338 e. The maximum atomic E-state index is 12.1. The number of carbonyl (C=O) groups is 3. The summed E-state index contributed by atoms with van der Waals surface area (Å²) < 4.78 is 9.93. The number of rotatable bonds is 8. The number of hydrogen-bond acceptors (Lipinski definition) is 6. The summed E-state index contributed by atoms with van der Waals surface area (Å²) in [4.78, 5) is 36.6. The highest BCUT2D eigenvalue weighted by molar-refractivity contribution is 5.99. The van der Waals surface area contributed by atoms with Crippen LogP contribution in [0.25, 0.3) is 0 Å². The monoisotopic (exact) mass is 355 g/mol. The average molecular weight is 355 g/mol. The molecule has 0 heterocycles. The Morgan fingerprint density at radius 1 is 0.885 bits per heavy atom. The molecule has 0 aromatic heterocycles. The van der Waals surface area contributed by atoms with Crippen molar-refractivity contribution in [2.45, 2.75) is 6.92 Å². The lowest BCUT2D eigenvalue weighted by Crippen LogP contribution is -2.23. The van der Waals surface area contributed by atoms with Crippen molar-refractivity contribution < 1.29 is 23.9 Å². The number of ketones is 1. The molecule has 0 aliphatic heterocycles. The summed E-state index contributed by atoms with van der Waals surface area (Å²) in [6, 6.07) is 15.9. The molecule has 0 unspecified atom stereocenters. The number of ether oxygens (including phenoxy) is 2. The molecule has 2 aromatic rings. The van der Waals surface area contributed by atoms with Gasteiger partial charge in [0.25, 0.3) is 0 Å². The van der Waals surface area contributed by atoms with Gasteiger partial charge in [0, 0.05) is 25.2 Å². The van der Waals surface area contributed by atoms with Crippen LogP contribution in [0.5, 0.6) is 0 Å². The third-order valence-electron chi connectivity index (χ3n) is 3.71. The van der Waals surface area contributed by atoms with Crippen molar-refractivity contribution in [3.8, 4) is 0 Å².